The summed E-state index contributed by atoms with van der Waals surface area (Å²) in [6, 6.07) is 0.425. The molecule has 3 aromatic rings. The third-order valence-electron chi connectivity index (χ3n) is 14.8. The number of aromatic nitrogens is 6. The number of carbonyl (C=O) groups excluding carboxylic acids is 5. The number of carboxylic acids is 1. The van der Waals surface area contributed by atoms with E-state index in [2.05, 4.69) is 99.7 Å². The highest BCUT2D eigenvalue weighted by molar-refractivity contribution is 7.09. The molecule has 0 radical (unpaired) electrons. The van der Waals surface area contributed by atoms with E-state index in [1.807, 2.05) is 16.5 Å². The second-order valence-electron chi connectivity index (χ2n) is 21.2. The number of aldehydes is 2. The number of nitrogens with two attached hydrogens (primary N) is 2. The molecule has 0 unspecified atom stereocenters. The van der Waals surface area contributed by atoms with Crippen LogP contribution in [0.1, 0.15) is 225 Å². The molecule has 0 saturated heterocycles. The molecule has 0 aliphatic heterocycles. The van der Waals surface area contributed by atoms with Crippen LogP contribution in [0.15, 0.2) is 16.5 Å². The lowest BCUT2D eigenvalue weighted by molar-refractivity contribution is -0.156. The van der Waals surface area contributed by atoms with Gasteiger partial charge in [0.2, 0.25) is 5.91 Å². The number of ether oxygens (including phenoxy) is 1. The van der Waals surface area contributed by atoms with Crippen molar-refractivity contribution in [3.8, 4) is 0 Å². The van der Waals surface area contributed by atoms with E-state index >= 15 is 0 Å². The standard InChI is InChI=1S/C10H17NO2.2C9H14N2S.C8H13N3S.C8H14O2.C6H15N.C4H6O3.C2H5NO.CH2Cl2.CH3F.2ClH.HI/c1-8-2-4-9(5-3-8)10(13)11-6-7-12;2*1-7-2-4-8(5-3-7)9-11-10-6-12-9;9-7-3-1-6(2-4-7)8-11-10-5-12-8;1-6-2-4-7(5-3-6)8(9)10;1-4-7(5-2)6-3;1-3(5)7-4(2)6;3-1-2-4;2-1-3;1-2;;;/h7-9H,2-6H2,1H3,(H,11,13);2*6-8H,2-5H2,1H3;5-7H,1-4,9H2;6-7H,2-5H2,1H3,(H,9,10);4-6H2,1-3H3;1-2H3;2H,1,3H2;1H2;1H3;3*1H/p-1/i;;;;;;;;;1D;;;. The molecular formula is C58H105Cl4FIN10O8S3-. The minimum Gasteiger partial charge on any atom is -1.00 e. The Bertz CT molecular complexity index is 1860. The van der Waals surface area contributed by atoms with Crippen molar-refractivity contribution in [3.63, 3.8) is 0 Å². The van der Waals surface area contributed by atoms with Gasteiger partial charge in [0.05, 0.1) is 26.3 Å². The van der Waals surface area contributed by atoms with E-state index < -0.39 is 25.1 Å². The second kappa shape index (κ2) is 60.7. The molecule has 496 valence electrons. The Balaban J connectivity index is -0.000000290. The van der Waals surface area contributed by atoms with Crippen molar-refractivity contribution in [1.82, 2.24) is 40.8 Å². The van der Waals surface area contributed by atoms with Crippen LogP contribution in [0.3, 0.4) is 0 Å². The minimum absolute atomic E-state index is 0. The maximum absolute atomic E-state index is 11.4. The first-order chi connectivity index (χ1) is 39.7. The van der Waals surface area contributed by atoms with Gasteiger partial charge < -0.3 is 65.1 Å². The van der Waals surface area contributed by atoms with Gasteiger partial charge in [0.15, 0.2) is 0 Å². The van der Waals surface area contributed by atoms with Gasteiger partial charge in [-0.25, -0.2) is 0 Å². The first-order valence-electron chi connectivity index (χ1n) is 29.9. The van der Waals surface area contributed by atoms with E-state index in [1.54, 1.807) is 34.0 Å². The van der Waals surface area contributed by atoms with Crippen LogP contribution in [-0.2, 0) is 33.5 Å². The Hall–Kier alpha value is -2.20. The summed E-state index contributed by atoms with van der Waals surface area (Å²) in [6.45, 7) is 21.9. The first kappa shape index (κ1) is 89.2. The van der Waals surface area contributed by atoms with Crippen molar-refractivity contribution < 1.29 is 68.3 Å². The Labute approximate surface area is 561 Å². The largest absolute Gasteiger partial charge is 1.00 e. The lowest BCUT2D eigenvalue weighted by Crippen LogP contribution is -3.00. The van der Waals surface area contributed by atoms with E-state index in [0.717, 1.165) is 94.2 Å². The number of rotatable bonds is 11. The van der Waals surface area contributed by atoms with Crippen LogP contribution in [0.4, 0.5) is 4.39 Å². The Morgan fingerprint density at radius 1 is 0.635 bits per heavy atom. The summed E-state index contributed by atoms with van der Waals surface area (Å²) < 4.78 is 19.5. The molecule has 27 heteroatoms. The average Bonchev–Trinajstić information content (AvgIpc) is 4.38. The molecule has 5 aliphatic rings. The zero-order chi connectivity index (χ0) is 62.8. The number of hydrogen-bond donors (Lipinski definition) is 4. The van der Waals surface area contributed by atoms with Crippen molar-refractivity contribution in [2.45, 2.75) is 215 Å². The molecule has 5 aliphatic carbocycles. The summed E-state index contributed by atoms with van der Waals surface area (Å²) >= 11 is 14.6. The third kappa shape index (κ3) is 48.3. The fourth-order valence-electron chi connectivity index (χ4n) is 9.65. The summed E-state index contributed by atoms with van der Waals surface area (Å²) in [4.78, 5) is 62.9. The van der Waals surface area contributed by atoms with E-state index in [0.29, 0.717) is 30.1 Å². The Kier molecular flexibility index (Phi) is 63.7. The molecule has 8 rings (SSSR count). The Morgan fingerprint density at radius 3 is 1.13 bits per heavy atom. The van der Waals surface area contributed by atoms with Crippen LogP contribution >= 0.6 is 82.0 Å². The summed E-state index contributed by atoms with van der Waals surface area (Å²) in [5.41, 5.74) is 16.0. The Morgan fingerprint density at radius 2 is 0.918 bits per heavy atom. The maximum atomic E-state index is 11.4. The van der Waals surface area contributed by atoms with Crippen molar-refractivity contribution in [2.24, 2.45) is 47.0 Å². The second-order valence-corrected chi connectivity index (χ2v) is 24.6. The number of hydrogen-bond acceptors (Lipinski definition) is 19. The monoisotopic (exact) mass is 1450 g/mol. The molecule has 1 amide bonds. The number of alkyl halides is 3. The molecular weight excluding hydrogens is 1350 g/mol. The molecule has 3 aromatic heterocycles. The molecule has 5 fully saturated rings. The van der Waals surface area contributed by atoms with Gasteiger partial charge in [0.25, 0.3) is 0 Å². The molecule has 85 heavy (non-hydrogen) atoms. The zero-order valence-electron chi connectivity index (χ0n) is 52.9. The lowest BCUT2D eigenvalue weighted by atomic mass is 9.82. The lowest BCUT2D eigenvalue weighted by Gasteiger charge is -2.24. The van der Waals surface area contributed by atoms with E-state index in [4.69, 9.17) is 40.2 Å². The quantitative estimate of drug-likeness (QED) is 0.0456. The van der Waals surface area contributed by atoms with E-state index in [9.17, 15) is 28.4 Å². The van der Waals surface area contributed by atoms with E-state index in [-0.39, 0.29) is 85.0 Å². The van der Waals surface area contributed by atoms with Gasteiger partial charge in [0.1, 0.15) is 44.1 Å². The number of carboxylic acid groups (broad SMARTS) is 1. The fourth-order valence-corrected chi connectivity index (χ4v) is 11.8. The highest BCUT2D eigenvalue weighted by Crippen LogP contribution is 2.37. The number of nitrogens with zero attached hydrogens (tertiary/aromatic N) is 7. The summed E-state index contributed by atoms with van der Waals surface area (Å²) in [7, 11) is -1.00. The smallest absolute Gasteiger partial charge is 0.310 e. The first-order valence-corrected chi connectivity index (χ1v) is 32.9. The van der Waals surface area contributed by atoms with Gasteiger partial charge in [-0.15, -0.1) is 113 Å². The SMILES string of the molecule is CC(=O)OC(C)=O.CC1CCC(C(=O)NCC=O)CC1.CC1CCC(C(=O)O)CC1.CC1CCC(c2nncs2)CC1.CC1CCC(c2nncs2)CC1.CCN(CC)CC.Cl.Cl.ClCCl.NC1CCC(c2nncs2)CC1.NCC=O.[2H]CF.[I-]. The molecule has 0 aromatic carbocycles. The van der Waals surface area contributed by atoms with Gasteiger partial charge in [-0.05, 0) is 146 Å². The molecule has 18 nitrogen and oxygen atoms in total. The predicted octanol–water partition coefficient (Wildman–Crippen LogP) is 10.7. The van der Waals surface area contributed by atoms with Gasteiger partial charge in [-0.3, -0.25) is 23.6 Å². The average molecular weight is 1460 g/mol. The molecule has 6 N–H and O–H groups in total. The van der Waals surface area contributed by atoms with Crippen LogP contribution in [0.2, 0.25) is 0 Å². The number of nitrogens with one attached hydrogen (secondary N) is 1. The maximum Gasteiger partial charge on any atom is 0.310 e. The minimum atomic E-state index is -1.00. The third-order valence-corrected chi connectivity index (χ3v) is 17.4. The van der Waals surface area contributed by atoms with Crippen LogP contribution in [0.25, 0.3) is 0 Å². The number of amides is 1. The summed E-state index contributed by atoms with van der Waals surface area (Å²) in [6.07, 6.45) is 25.0. The van der Waals surface area contributed by atoms with Gasteiger partial charge >= 0.3 is 17.9 Å². The molecule has 0 spiro atoms. The predicted molar refractivity (Wildman–Crippen MR) is 348 cm³/mol. The molecule has 3 heterocycles. The molecule has 5 saturated carbocycles. The summed E-state index contributed by atoms with van der Waals surface area (Å²) in [5.74, 6) is 3.85. The number of carbonyl (C=O) groups is 6. The number of aliphatic carboxylic acids is 1. The van der Waals surface area contributed by atoms with Crippen molar-refractivity contribution >= 4 is 118 Å². The van der Waals surface area contributed by atoms with Crippen LogP contribution in [-0.4, -0.2) is 128 Å². The topological polar surface area (TPSA) is 277 Å². The fraction of sp³-hybridized carbons (Fsp3) is 0.793. The highest BCUT2D eigenvalue weighted by Gasteiger charge is 2.26. The summed E-state index contributed by atoms with van der Waals surface area (Å²) in [5, 5.41) is 39.1. The highest BCUT2D eigenvalue weighted by atomic mass is 127. The van der Waals surface area contributed by atoms with Crippen LogP contribution in [0, 0.1) is 35.5 Å². The molecule has 0 bridgehead atoms. The van der Waals surface area contributed by atoms with Gasteiger partial charge in [-0.1, -0.05) is 74.1 Å². The van der Waals surface area contributed by atoms with Crippen LogP contribution < -0.4 is 40.8 Å². The van der Waals surface area contributed by atoms with Gasteiger partial charge in [0, 0.05) is 50.1 Å². The normalized spacial score (nSPS) is 23.4. The van der Waals surface area contributed by atoms with E-state index in [1.165, 1.54) is 113 Å². The van der Waals surface area contributed by atoms with Gasteiger partial charge in [-0.2, -0.15) is 0 Å². The van der Waals surface area contributed by atoms with Crippen molar-refractivity contribution in [2.75, 3.05) is 45.2 Å². The number of halogens is 6. The van der Waals surface area contributed by atoms with Crippen molar-refractivity contribution in [3.05, 3.63) is 31.6 Å². The molecule has 0 atom stereocenters. The van der Waals surface area contributed by atoms with Crippen LogP contribution in [0.5, 0.6) is 0 Å². The zero-order valence-corrected chi connectivity index (χ0v) is 59.6. The number of esters is 2. The van der Waals surface area contributed by atoms with Crippen molar-refractivity contribution in [1.29, 1.82) is 0 Å².